The van der Waals surface area contributed by atoms with Crippen LogP contribution < -0.4 is 5.32 Å². The maximum absolute atomic E-state index is 13.8. The van der Waals surface area contributed by atoms with E-state index in [-0.39, 0.29) is 17.8 Å². The van der Waals surface area contributed by atoms with E-state index >= 15 is 0 Å². The van der Waals surface area contributed by atoms with E-state index in [1.807, 2.05) is 0 Å². The molecule has 1 amide bonds. The molecule has 1 aliphatic rings. The summed E-state index contributed by atoms with van der Waals surface area (Å²) in [7, 11) is 0. The lowest BCUT2D eigenvalue weighted by atomic mass is 10.1. The van der Waals surface area contributed by atoms with Crippen molar-refractivity contribution >= 4 is 23.2 Å². The molecule has 114 valence electrons. The third-order valence-corrected chi connectivity index (χ3v) is 3.88. The summed E-state index contributed by atoms with van der Waals surface area (Å²) >= 11 is 5.94. The van der Waals surface area contributed by atoms with Gasteiger partial charge in [-0.05, 0) is 31.2 Å². The Hall–Kier alpha value is -1.76. The van der Waals surface area contributed by atoms with Crippen molar-refractivity contribution in [1.29, 1.82) is 0 Å². The zero-order chi connectivity index (χ0) is 15.6. The van der Waals surface area contributed by atoms with Crippen molar-refractivity contribution in [3.05, 3.63) is 39.4 Å². The van der Waals surface area contributed by atoms with Crippen LogP contribution in [0, 0.1) is 27.7 Å². The second-order valence-electron chi connectivity index (χ2n) is 5.03. The molecule has 1 saturated carbocycles. The van der Waals surface area contributed by atoms with Crippen LogP contribution >= 0.6 is 11.6 Å². The first kappa shape index (κ1) is 15.6. The normalized spacial score (nSPS) is 21.3. The van der Waals surface area contributed by atoms with Gasteiger partial charge in [0.25, 0.3) is 5.91 Å². The predicted molar refractivity (Wildman–Crippen MR) is 72.3 cm³/mol. The Balaban J connectivity index is 2.10. The molecule has 2 unspecified atom stereocenters. The van der Waals surface area contributed by atoms with E-state index in [2.05, 4.69) is 5.32 Å². The molecule has 21 heavy (non-hydrogen) atoms. The maximum atomic E-state index is 13.8. The molecule has 0 radical (unpaired) electrons. The van der Waals surface area contributed by atoms with Crippen LogP contribution in [0.1, 0.15) is 29.6 Å². The van der Waals surface area contributed by atoms with E-state index < -0.39 is 33.7 Å². The van der Waals surface area contributed by atoms with Crippen molar-refractivity contribution in [3.63, 3.8) is 0 Å². The summed E-state index contributed by atoms with van der Waals surface area (Å²) in [6.07, 6.45) is 2.44. The lowest BCUT2D eigenvalue weighted by molar-refractivity contribution is -0.387. The Morgan fingerprint density at radius 1 is 1.43 bits per heavy atom. The lowest BCUT2D eigenvalue weighted by Gasteiger charge is -2.11. The first-order valence-electron chi connectivity index (χ1n) is 6.44. The molecular weight excluding hydrogens is 306 g/mol. The summed E-state index contributed by atoms with van der Waals surface area (Å²) in [6.45, 7) is 0.284. The Kier molecular flexibility index (Phi) is 4.72. The zero-order valence-electron chi connectivity index (χ0n) is 10.9. The second kappa shape index (κ2) is 6.34. The van der Waals surface area contributed by atoms with Gasteiger partial charge in [0.15, 0.2) is 0 Å². The van der Waals surface area contributed by atoms with Crippen LogP contribution in [0.25, 0.3) is 0 Å². The van der Waals surface area contributed by atoms with Crippen LogP contribution in [0.5, 0.6) is 0 Å². The van der Waals surface area contributed by atoms with E-state index in [4.69, 9.17) is 11.6 Å². The topological polar surface area (TPSA) is 72.2 Å². The monoisotopic (exact) mass is 318 g/mol. The second-order valence-corrected chi connectivity index (χ2v) is 5.65. The fraction of sp³-hybridized carbons (Fsp3) is 0.462. The molecule has 2 rings (SSSR count). The Morgan fingerprint density at radius 3 is 2.71 bits per heavy atom. The van der Waals surface area contributed by atoms with Crippen LogP contribution in [0.15, 0.2) is 12.1 Å². The third-order valence-electron chi connectivity index (χ3n) is 3.49. The molecule has 0 saturated heterocycles. The Labute approximate surface area is 124 Å². The summed E-state index contributed by atoms with van der Waals surface area (Å²) in [5.74, 6) is -3.05. The molecule has 0 heterocycles. The molecular formula is C13H13ClF2N2O3. The van der Waals surface area contributed by atoms with Gasteiger partial charge in [-0.15, -0.1) is 11.6 Å². The van der Waals surface area contributed by atoms with Crippen molar-refractivity contribution in [2.24, 2.45) is 5.92 Å². The molecule has 1 N–H and O–H groups in total. The Bertz CT molecular complexity index is 583. The predicted octanol–water partition coefficient (Wildman–Crippen LogP) is 3.01. The number of benzene rings is 1. The number of rotatable bonds is 4. The zero-order valence-corrected chi connectivity index (χ0v) is 11.7. The lowest BCUT2D eigenvalue weighted by Crippen LogP contribution is -2.29. The molecule has 1 fully saturated rings. The third kappa shape index (κ3) is 3.66. The summed E-state index contributed by atoms with van der Waals surface area (Å²) in [6, 6.07) is 1.10. The van der Waals surface area contributed by atoms with Gasteiger partial charge in [-0.2, -0.15) is 4.39 Å². The molecule has 0 aliphatic heterocycles. The van der Waals surface area contributed by atoms with Crippen molar-refractivity contribution in [1.82, 2.24) is 5.32 Å². The minimum absolute atomic E-state index is 0.0684. The summed E-state index contributed by atoms with van der Waals surface area (Å²) in [4.78, 5) is 21.4. The highest BCUT2D eigenvalue weighted by Gasteiger charge is 2.26. The van der Waals surface area contributed by atoms with Gasteiger partial charge in [0.05, 0.1) is 16.6 Å². The smallest absolute Gasteiger partial charge is 0.308 e. The maximum Gasteiger partial charge on any atom is 0.308 e. The fourth-order valence-corrected chi connectivity index (χ4v) is 2.78. The van der Waals surface area contributed by atoms with E-state index in [1.165, 1.54) is 0 Å². The highest BCUT2D eigenvalue weighted by Crippen LogP contribution is 2.29. The molecule has 0 bridgehead atoms. The van der Waals surface area contributed by atoms with Gasteiger partial charge in [-0.1, -0.05) is 0 Å². The minimum Gasteiger partial charge on any atom is -0.352 e. The SMILES string of the molecule is O=C(NCC1CCC(Cl)C1)c1cc(F)cc([N+](=O)[O-])c1F. The van der Waals surface area contributed by atoms with E-state index in [1.54, 1.807) is 0 Å². The van der Waals surface area contributed by atoms with Gasteiger partial charge in [0, 0.05) is 11.9 Å². The van der Waals surface area contributed by atoms with Crippen LogP contribution in [0.3, 0.4) is 0 Å². The molecule has 1 aliphatic carbocycles. The van der Waals surface area contributed by atoms with Gasteiger partial charge in [0.1, 0.15) is 5.82 Å². The fourth-order valence-electron chi connectivity index (χ4n) is 2.40. The van der Waals surface area contributed by atoms with Crippen LogP contribution in [-0.4, -0.2) is 22.8 Å². The number of alkyl halides is 1. The molecule has 8 heteroatoms. The standard InChI is InChI=1S/C13H13ClF2N2O3/c14-8-2-1-7(3-8)6-17-13(19)10-4-9(15)5-11(12(10)16)18(20)21/h4-5,7-8H,1-3,6H2,(H,17,19). The van der Waals surface area contributed by atoms with Gasteiger partial charge < -0.3 is 5.32 Å². The average molecular weight is 319 g/mol. The number of carbonyl (C=O) groups is 1. The largest absolute Gasteiger partial charge is 0.352 e. The van der Waals surface area contributed by atoms with Crippen molar-refractivity contribution in [3.8, 4) is 0 Å². The van der Waals surface area contributed by atoms with Crippen LogP contribution in [0.2, 0.25) is 0 Å². The van der Waals surface area contributed by atoms with E-state index in [0.29, 0.717) is 12.1 Å². The number of halogens is 3. The van der Waals surface area contributed by atoms with Crippen molar-refractivity contribution < 1.29 is 18.5 Å². The molecule has 2 atom stereocenters. The molecule has 1 aromatic rings. The van der Waals surface area contributed by atoms with Crippen LogP contribution in [-0.2, 0) is 0 Å². The molecule has 0 spiro atoms. The number of nitrogens with zero attached hydrogens (tertiary/aromatic N) is 1. The highest BCUT2D eigenvalue weighted by atomic mass is 35.5. The van der Waals surface area contributed by atoms with Gasteiger partial charge >= 0.3 is 5.69 Å². The molecule has 0 aromatic heterocycles. The first-order valence-corrected chi connectivity index (χ1v) is 6.87. The summed E-state index contributed by atoms with van der Waals surface area (Å²) in [5.41, 5.74) is -1.72. The quantitative estimate of drug-likeness (QED) is 0.527. The van der Waals surface area contributed by atoms with Gasteiger partial charge in [-0.3, -0.25) is 14.9 Å². The van der Waals surface area contributed by atoms with E-state index in [9.17, 15) is 23.7 Å². The summed E-state index contributed by atoms with van der Waals surface area (Å²) < 4.78 is 27.1. The average Bonchev–Trinajstić information content (AvgIpc) is 2.83. The highest BCUT2D eigenvalue weighted by molar-refractivity contribution is 6.20. The first-order chi connectivity index (χ1) is 9.88. The van der Waals surface area contributed by atoms with Crippen molar-refractivity contribution in [2.45, 2.75) is 24.6 Å². The van der Waals surface area contributed by atoms with Gasteiger partial charge in [-0.25, -0.2) is 4.39 Å². The van der Waals surface area contributed by atoms with Crippen molar-refractivity contribution in [2.75, 3.05) is 6.54 Å². The number of nitro groups is 1. The number of hydrogen-bond acceptors (Lipinski definition) is 3. The van der Waals surface area contributed by atoms with E-state index in [0.717, 1.165) is 19.3 Å². The molecule has 1 aromatic carbocycles. The number of amides is 1. The minimum atomic E-state index is -1.33. The number of hydrogen-bond donors (Lipinski definition) is 1. The number of nitrogens with one attached hydrogen (secondary N) is 1. The Morgan fingerprint density at radius 2 is 2.14 bits per heavy atom. The number of nitro benzene ring substituents is 1. The summed E-state index contributed by atoms with van der Waals surface area (Å²) in [5, 5.41) is 13.1. The number of carbonyl (C=O) groups excluding carboxylic acids is 1. The van der Waals surface area contributed by atoms with Gasteiger partial charge in [0.2, 0.25) is 5.82 Å². The van der Waals surface area contributed by atoms with Crippen LogP contribution in [0.4, 0.5) is 14.5 Å². The molecule has 5 nitrogen and oxygen atoms in total.